The van der Waals surface area contributed by atoms with Crippen molar-refractivity contribution in [2.24, 2.45) is 4.99 Å². The predicted octanol–water partition coefficient (Wildman–Crippen LogP) is 3.59. The number of guanidine groups is 1. The molecule has 1 aromatic heterocycles. The molecule has 3 N–H and O–H groups in total. The summed E-state index contributed by atoms with van der Waals surface area (Å²) in [5.74, 6) is 3.12. The van der Waals surface area contributed by atoms with E-state index in [1.165, 1.54) is 0 Å². The molecular formula is C21H27N5O2. The highest BCUT2D eigenvalue weighted by atomic mass is 16.5. The number of aryl methyl sites for hydroxylation is 1. The molecule has 0 saturated heterocycles. The highest BCUT2D eigenvalue weighted by molar-refractivity contribution is 5.93. The predicted molar refractivity (Wildman–Crippen MR) is 114 cm³/mol. The second-order valence-electron chi connectivity index (χ2n) is 6.23. The van der Waals surface area contributed by atoms with Crippen molar-refractivity contribution in [2.75, 3.05) is 32.6 Å². The van der Waals surface area contributed by atoms with Crippen molar-refractivity contribution in [1.82, 2.24) is 15.3 Å². The van der Waals surface area contributed by atoms with E-state index in [4.69, 9.17) is 9.47 Å². The monoisotopic (exact) mass is 381 g/mol. The van der Waals surface area contributed by atoms with Crippen LogP contribution in [0, 0.1) is 0 Å². The number of nitrogens with one attached hydrogen (secondary N) is 3. The lowest BCUT2D eigenvalue weighted by atomic mass is 10.2. The van der Waals surface area contributed by atoms with Crippen molar-refractivity contribution in [2.45, 2.75) is 19.8 Å². The smallest absolute Gasteiger partial charge is 0.195 e. The maximum absolute atomic E-state index is 5.55. The Morgan fingerprint density at radius 2 is 2.04 bits per heavy atom. The minimum atomic E-state index is 0.595. The summed E-state index contributed by atoms with van der Waals surface area (Å²) in [6.45, 7) is 3.32. The Balaban J connectivity index is 1.50. The minimum Gasteiger partial charge on any atom is -0.493 e. The second-order valence-corrected chi connectivity index (χ2v) is 6.23. The molecule has 0 spiro atoms. The van der Waals surface area contributed by atoms with Gasteiger partial charge in [0.1, 0.15) is 5.82 Å². The zero-order chi connectivity index (χ0) is 19.8. The van der Waals surface area contributed by atoms with Gasteiger partial charge in [0.2, 0.25) is 0 Å². The second kappa shape index (κ2) is 9.64. The number of ether oxygens (including phenoxy) is 2. The van der Waals surface area contributed by atoms with Crippen molar-refractivity contribution in [3.8, 4) is 11.5 Å². The summed E-state index contributed by atoms with van der Waals surface area (Å²) in [5, 5.41) is 6.60. The number of anilines is 1. The Morgan fingerprint density at radius 3 is 2.79 bits per heavy atom. The van der Waals surface area contributed by atoms with Crippen LogP contribution in [0.2, 0.25) is 0 Å². The average molecular weight is 381 g/mol. The Kier molecular flexibility index (Phi) is 6.73. The molecule has 1 heterocycles. The summed E-state index contributed by atoms with van der Waals surface area (Å²) in [5.41, 5.74) is 2.96. The number of fused-ring (bicyclic) bond motifs is 1. The van der Waals surface area contributed by atoms with Crippen LogP contribution < -0.4 is 20.1 Å². The van der Waals surface area contributed by atoms with Gasteiger partial charge in [0, 0.05) is 31.8 Å². The topological polar surface area (TPSA) is 83.6 Å². The first-order valence-corrected chi connectivity index (χ1v) is 9.45. The summed E-state index contributed by atoms with van der Waals surface area (Å²) in [4.78, 5) is 12.2. The van der Waals surface area contributed by atoms with E-state index in [0.29, 0.717) is 18.3 Å². The molecule has 0 saturated carbocycles. The average Bonchev–Trinajstić information content (AvgIpc) is 3.14. The fourth-order valence-corrected chi connectivity index (χ4v) is 2.92. The summed E-state index contributed by atoms with van der Waals surface area (Å²) in [6, 6.07) is 13.8. The highest BCUT2D eigenvalue weighted by Gasteiger charge is 2.07. The van der Waals surface area contributed by atoms with Crippen molar-refractivity contribution in [1.29, 1.82) is 0 Å². The van der Waals surface area contributed by atoms with E-state index in [1.54, 1.807) is 14.2 Å². The fourth-order valence-electron chi connectivity index (χ4n) is 2.92. The van der Waals surface area contributed by atoms with Crippen LogP contribution in [0.15, 0.2) is 47.5 Å². The van der Waals surface area contributed by atoms with Crippen LogP contribution in [0.25, 0.3) is 11.0 Å². The van der Waals surface area contributed by atoms with Gasteiger partial charge < -0.3 is 25.1 Å². The summed E-state index contributed by atoms with van der Waals surface area (Å²) >= 11 is 0. The van der Waals surface area contributed by atoms with Gasteiger partial charge in [-0.25, -0.2) is 4.98 Å². The molecule has 0 fully saturated rings. The number of benzene rings is 2. The maximum Gasteiger partial charge on any atom is 0.195 e. The lowest BCUT2D eigenvalue weighted by Gasteiger charge is -2.14. The Morgan fingerprint density at radius 1 is 1.18 bits per heavy atom. The third-order valence-electron chi connectivity index (χ3n) is 4.27. The zero-order valence-electron chi connectivity index (χ0n) is 16.6. The molecule has 0 aliphatic rings. The van der Waals surface area contributed by atoms with E-state index in [1.807, 2.05) is 49.4 Å². The minimum absolute atomic E-state index is 0.595. The number of imidazole rings is 1. The lowest BCUT2D eigenvalue weighted by Crippen LogP contribution is -2.31. The van der Waals surface area contributed by atoms with Gasteiger partial charge in [0.05, 0.1) is 24.8 Å². The number of aromatic nitrogens is 2. The van der Waals surface area contributed by atoms with E-state index in [9.17, 15) is 0 Å². The standard InChI is InChI=1S/C21H27N5O2/c1-4-28-18-12-11-15(14-19(18)27-3)24-21(22-2)23-13-7-10-20-25-16-8-5-6-9-17(16)26-20/h5-6,8-9,11-12,14H,4,7,10,13H2,1-3H3,(H,25,26)(H2,22,23,24). The molecule has 7 heteroatoms. The van der Waals surface area contributed by atoms with E-state index < -0.39 is 0 Å². The number of nitrogens with zero attached hydrogens (tertiary/aromatic N) is 2. The van der Waals surface area contributed by atoms with Crippen molar-refractivity contribution >= 4 is 22.7 Å². The molecule has 3 aromatic rings. The highest BCUT2D eigenvalue weighted by Crippen LogP contribution is 2.30. The summed E-state index contributed by atoms with van der Waals surface area (Å²) in [7, 11) is 3.38. The first kappa shape index (κ1) is 19.5. The van der Waals surface area contributed by atoms with Crippen LogP contribution in [-0.4, -0.2) is 43.2 Å². The quantitative estimate of drug-likeness (QED) is 0.315. The molecule has 0 amide bonds. The number of H-pyrrole nitrogens is 1. The van der Waals surface area contributed by atoms with Crippen LogP contribution in [0.1, 0.15) is 19.2 Å². The van der Waals surface area contributed by atoms with Gasteiger partial charge in [-0.2, -0.15) is 0 Å². The van der Waals surface area contributed by atoms with Gasteiger partial charge in [-0.3, -0.25) is 4.99 Å². The van der Waals surface area contributed by atoms with E-state index in [2.05, 4.69) is 25.6 Å². The van der Waals surface area contributed by atoms with Crippen LogP contribution in [0.5, 0.6) is 11.5 Å². The number of para-hydroxylation sites is 2. The van der Waals surface area contributed by atoms with Gasteiger partial charge in [0.15, 0.2) is 17.5 Å². The fraction of sp³-hybridized carbons (Fsp3) is 0.333. The molecule has 0 aliphatic carbocycles. The van der Waals surface area contributed by atoms with Crippen LogP contribution in [0.3, 0.4) is 0 Å². The van der Waals surface area contributed by atoms with Crippen molar-refractivity contribution in [3.05, 3.63) is 48.3 Å². The Bertz CT molecular complexity index is 902. The largest absolute Gasteiger partial charge is 0.493 e. The van der Waals surface area contributed by atoms with Crippen molar-refractivity contribution in [3.63, 3.8) is 0 Å². The summed E-state index contributed by atoms with van der Waals surface area (Å²) in [6.07, 6.45) is 1.81. The van der Waals surface area contributed by atoms with E-state index in [0.717, 1.165) is 47.7 Å². The zero-order valence-corrected chi connectivity index (χ0v) is 16.6. The molecule has 0 unspecified atom stereocenters. The number of rotatable bonds is 8. The third-order valence-corrected chi connectivity index (χ3v) is 4.27. The number of aromatic amines is 1. The van der Waals surface area contributed by atoms with Gasteiger partial charge in [-0.05, 0) is 37.6 Å². The molecule has 148 valence electrons. The van der Waals surface area contributed by atoms with Gasteiger partial charge in [-0.15, -0.1) is 0 Å². The summed E-state index contributed by atoms with van der Waals surface area (Å²) < 4.78 is 10.9. The van der Waals surface area contributed by atoms with Crippen LogP contribution in [0.4, 0.5) is 5.69 Å². The number of hydrogen-bond acceptors (Lipinski definition) is 4. The first-order valence-electron chi connectivity index (χ1n) is 9.45. The third kappa shape index (κ3) is 4.94. The van der Waals surface area contributed by atoms with Gasteiger partial charge in [0.25, 0.3) is 0 Å². The molecule has 0 aliphatic heterocycles. The SMILES string of the molecule is CCOc1ccc(NC(=NC)NCCCc2nc3ccccc3[nH]2)cc1OC. The van der Waals surface area contributed by atoms with Crippen LogP contribution in [-0.2, 0) is 6.42 Å². The Labute approximate surface area is 165 Å². The molecule has 7 nitrogen and oxygen atoms in total. The molecule has 0 radical (unpaired) electrons. The van der Waals surface area contributed by atoms with Crippen LogP contribution >= 0.6 is 0 Å². The first-order chi connectivity index (χ1) is 13.7. The normalized spacial score (nSPS) is 11.5. The lowest BCUT2D eigenvalue weighted by molar-refractivity contribution is 0.311. The maximum atomic E-state index is 5.55. The molecule has 0 atom stereocenters. The molecule has 28 heavy (non-hydrogen) atoms. The number of methoxy groups -OCH3 is 1. The molecule has 0 bridgehead atoms. The molecular weight excluding hydrogens is 354 g/mol. The van der Waals surface area contributed by atoms with Gasteiger partial charge in [-0.1, -0.05) is 12.1 Å². The van der Waals surface area contributed by atoms with Gasteiger partial charge >= 0.3 is 0 Å². The number of hydrogen-bond donors (Lipinski definition) is 3. The van der Waals surface area contributed by atoms with E-state index >= 15 is 0 Å². The molecule has 3 rings (SSSR count). The molecule has 2 aromatic carbocycles. The van der Waals surface area contributed by atoms with E-state index in [-0.39, 0.29) is 0 Å². The Hall–Kier alpha value is -3.22. The number of aliphatic imine (C=N–C) groups is 1. The van der Waals surface area contributed by atoms with Crippen molar-refractivity contribution < 1.29 is 9.47 Å².